The van der Waals surface area contributed by atoms with Crippen LogP contribution in [0.5, 0.6) is 11.5 Å². The maximum atomic E-state index is 11.8. The summed E-state index contributed by atoms with van der Waals surface area (Å²) in [7, 11) is 1.60. The highest BCUT2D eigenvalue weighted by molar-refractivity contribution is 9.10. The molecule has 5 nitrogen and oxygen atoms in total. The Morgan fingerprint density at radius 3 is 2.76 bits per heavy atom. The van der Waals surface area contributed by atoms with Crippen LogP contribution in [0.15, 0.2) is 52.0 Å². The zero-order valence-corrected chi connectivity index (χ0v) is 16.0. The van der Waals surface area contributed by atoms with Gasteiger partial charge in [0.2, 0.25) is 0 Å². The van der Waals surface area contributed by atoms with Gasteiger partial charge < -0.3 is 9.47 Å². The van der Waals surface area contributed by atoms with Crippen LogP contribution in [0.25, 0.3) is 0 Å². The van der Waals surface area contributed by atoms with Crippen LogP contribution in [0, 0.1) is 0 Å². The number of carbonyl (C=O) groups is 1. The quantitative estimate of drug-likeness (QED) is 0.557. The molecule has 0 aliphatic heterocycles. The van der Waals surface area contributed by atoms with Gasteiger partial charge >= 0.3 is 0 Å². The van der Waals surface area contributed by atoms with Gasteiger partial charge in [-0.2, -0.15) is 5.10 Å². The molecule has 1 amide bonds. The largest absolute Gasteiger partial charge is 0.497 e. The van der Waals surface area contributed by atoms with Crippen molar-refractivity contribution in [1.82, 2.24) is 5.43 Å². The van der Waals surface area contributed by atoms with Crippen molar-refractivity contribution in [3.8, 4) is 11.5 Å². The molecule has 0 atom stereocenters. The summed E-state index contributed by atoms with van der Waals surface area (Å²) in [5.74, 6) is 1.45. The van der Waals surface area contributed by atoms with Crippen molar-refractivity contribution in [3.63, 3.8) is 0 Å². The molecule has 6 heteroatoms. The SMILES string of the molecule is COc1cccc(C=NNC(=O)COc2ccc(C(C)C)cc2Br)c1. The molecule has 0 saturated carbocycles. The average molecular weight is 405 g/mol. The number of ether oxygens (including phenoxy) is 2. The van der Waals surface area contributed by atoms with Crippen LogP contribution in [0.3, 0.4) is 0 Å². The highest BCUT2D eigenvalue weighted by Gasteiger charge is 2.07. The van der Waals surface area contributed by atoms with Crippen molar-refractivity contribution < 1.29 is 14.3 Å². The van der Waals surface area contributed by atoms with Gasteiger partial charge in [-0.1, -0.05) is 32.0 Å². The third-order valence-electron chi connectivity index (χ3n) is 3.48. The Hall–Kier alpha value is -2.34. The molecule has 0 spiro atoms. The number of carbonyl (C=O) groups excluding carboxylic acids is 1. The van der Waals surface area contributed by atoms with Crippen LogP contribution in [0.1, 0.15) is 30.9 Å². The molecule has 1 N–H and O–H groups in total. The molecule has 132 valence electrons. The lowest BCUT2D eigenvalue weighted by Crippen LogP contribution is -2.24. The van der Waals surface area contributed by atoms with E-state index >= 15 is 0 Å². The average Bonchev–Trinajstić information content (AvgIpc) is 2.60. The normalized spacial score (nSPS) is 10.9. The van der Waals surface area contributed by atoms with E-state index in [9.17, 15) is 4.79 Å². The third kappa shape index (κ3) is 5.90. The summed E-state index contributed by atoms with van der Waals surface area (Å²) in [6.45, 7) is 4.13. The lowest BCUT2D eigenvalue weighted by Gasteiger charge is -2.10. The lowest BCUT2D eigenvalue weighted by atomic mass is 10.0. The molecule has 0 radical (unpaired) electrons. The molecule has 0 heterocycles. The monoisotopic (exact) mass is 404 g/mol. The lowest BCUT2D eigenvalue weighted by molar-refractivity contribution is -0.123. The minimum absolute atomic E-state index is 0.116. The van der Waals surface area contributed by atoms with E-state index in [-0.39, 0.29) is 12.5 Å². The van der Waals surface area contributed by atoms with Gasteiger partial charge in [-0.15, -0.1) is 0 Å². The van der Waals surface area contributed by atoms with Crippen LogP contribution >= 0.6 is 15.9 Å². The Morgan fingerprint density at radius 2 is 2.08 bits per heavy atom. The molecule has 2 rings (SSSR count). The summed E-state index contributed by atoms with van der Waals surface area (Å²) in [5.41, 5.74) is 4.46. The molecule has 2 aromatic carbocycles. The summed E-state index contributed by atoms with van der Waals surface area (Å²) >= 11 is 3.46. The Labute approximate surface area is 156 Å². The van der Waals surface area contributed by atoms with Gasteiger partial charge in [-0.05, 0) is 57.2 Å². The number of nitrogens with zero attached hydrogens (tertiary/aromatic N) is 1. The molecule has 2 aromatic rings. The van der Waals surface area contributed by atoms with Gasteiger partial charge in [0.15, 0.2) is 6.61 Å². The molecule has 0 saturated heterocycles. The minimum Gasteiger partial charge on any atom is -0.497 e. The molecule has 0 aromatic heterocycles. The summed E-state index contributed by atoms with van der Waals surface area (Å²) < 4.78 is 11.5. The van der Waals surface area contributed by atoms with Crippen LogP contribution in [-0.2, 0) is 4.79 Å². The first-order chi connectivity index (χ1) is 12.0. The van der Waals surface area contributed by atoms with Crippen molar-refractivity contribution in [3.05, 3.63) is 58.1 Å². The van der Waals surface area contributed by atoms with E-state index < -0.39 is 0 Å². The topological polar surface area (TPSA) is 59.9 Å². The number of hydrogen-bond donors (Lipinski definition) is 1. The summed E-state index contributed by atoms with van der Waals surface area (Å²) in [5, 5.41) is 3.92. The highest BCUT2D eigenvalue weighted by atomic mass is 79.9. The standard InChI is InChI=1S/C19H21BrN2O3/c1-13(2)15-7-8-18(17(20)10-15)25-12-19(23)22-21-11-14-5-4-6-16(9-14)24-3/h4-11,13H,12H2,1-3H3,(H,22,23). The highest BCUT2D eigenvalue weighted by Crippen LogP contribution is 2.28. The van der Waals surface area contributed by atoms with E-state index in [1.165, 1.54) is 5.56 Å². The molecule has 0 unspecified atom stereocenters. The van der Waals surface area contributed by atoms with E-state index in [2.05, 4.69) is 40.3 Å². The molecule has 0 bridgehead atoms. The van der Waals surface area contributed by atoms with Gasteiger partial charge in [-0.3, -0.25) is 4.79 Å². The van der Waals surface area contributed by atoms with Crippen LogP contribution in [0.2, 0.25) is 0 Å². The first-order valence-electron chi connectivity index (χ1n) is 7.88. The first kappa shape index (κ1) is 19.0. The fourth-order valence-electron chi connectivity index (χ4n) is 2.07. The number of hydrogen-bond acceptors (Lipinski definition) is 4. The molecule has 25 heavy (non-hydrogen) atoms. The Morgan fingerprint density at radius 1 is 1.28 bits per heavy atom. The molecule has 0 aliphatic carbocycles. The number of halogens is 1. The smallest absolute Gasteiger partial charge is 0.277 e. The molecular formula is C19H21BrN2O3. The number of methoxy groups -OCH3 is 1. The minimum atomic E-state index is -0.334. The summed E-state index contributed by atoms with van der Waals surface area (Å²) in [4.78, 5) is 11.8. The summed E-state index contributed by atoms with van der Waals surface area (Å²) in [6.07, 6.45) is 1.55. The van der Waals surface area contributed by atoms with Crippen molar-refractivity contribution in [1.29, 1.82) is 0 Å². The second-order valence-corrected chi connectivity index (χ2v) is 6.56. The summed E-state index contributed by atoms with van der Waals surface area (Å²) in [6, 6.07) is 13.2. The van der Waals surface area contributed by atoms with E-state index in [0.29, 0.717) is 11.7 Å². The Balaban J connectivity index is 1.85. The van der Waals surface area contributed by atoms with Gasteiger partial charge in [-0.25, -0.2) is 5.43 Å². The Bertz CT molecular complexity index is 760. The van der Waals surface area contributed by atoms with Gasteiger partial charge in [0, 0.05) is 0 Å². The van der Waals surface area contributed by atoms with Crippen LogP contribution in [0.4, 0.5) is 0 Å². The third-order valence-corrected chi connectivity index (χ3v) is 4.10. The van der Waals surface area contributed by atoms with Crippen molar-refractivity contribution in [2.75, 3.05) is 13.7 Å². The van der Waals surface area contributed by atoms with E-state index in [1.807, 2.05) is 42.5 Å². The predicted octanol–water partition coefficient (Wildman–Crippen LogP) is 4.11. The van der Waals surface area contributed by atoms with Crippen LogP contribution < -0.4 is 14.9 Å². The number of hydrazone groups is 1. The van der Waals surface area contributed by atoms with E-state index in [1.54, 1.807) is 13.3 Å². The second kappa shape index (κ2) is 9.22. The van der Waals surface area contributed by atoms with Crippen LogP contribution in [-0.4, -0.2) is 25.8 Å². The number of rotatable bonds is 7. The molecule has 0 aliphatic rings. The number of amides is 1. The van der Waals surface area contributed by atoms with E-state index in [0.717, 1.165) is 15.8 Å². The van der Waals surface area contributed by atoms with Crippen molar-refractivity contribution in [2.24, 2.45) is 5.10 Å². The number of nitrogens with one attached hydrogen (secondary N) is 1. The molecule has 0 fully saturated rings. The zero-order valence-electron chi connectivity index (χ0n) is 14.5. The number of benzene rings is 2. The van der Waals surface area contributed by atoms with Gasteiger partial charge in [0.1, 0.15) is 11.5 Å². The maximum absolute atomic E-state index is 11.8. The molecular weight excluding hydrogens is 384 g/mol. The zero-order chi connectivity index (χ0) is 18.2. The van der Waals surface area contributed by atoms with E-state index in [4.69, 9.17) is 9.47 Å². The van der Waals surface area contributed by atoms with Gasteiger partial charge in [0.05, 0.1) is 17.8 Å². The fourth-order valence-corrected chi connectivity index (χ4v) is 2.58. The maximum Gasteiger partial charge on any atom is 0.277 e. The van der Waals surface area contributed by atoms with Gasteiger partial charge in [0.25, 0.3) is 5.91 Å². The Kier molecular flexibility index (Phi) is 7.01. The van der Waals surface area contributed by atoms with Crippen molar-refractivity contribution in [2.45, 2.75) is 19.8 Å². The fraction of sp³-hybridized carbons (Fsp3) is 0.263. The second-order valence-electron chi connectivity index (χ2n) is 5.70. The first-order valence-corrected chi connectivity index (χ1v) is 8.67. The van der Waals surface area contributed by atoms with Crippen molar-refractivity contribution >= 4 is 28.1 Å². The predicted molar refractivity (Wildman–Crippen MR) is 102 cm³/mol.